The molecule has 0 amide bonds. The Bertz CT molecular complexity index is 429. The first kappa shape index (κ1) is 16.0. The predicted octanol–water partition coefficient (Wildman–Crippen LogP) is 5.62. The zero-order chi connectivity index (χ0) is 14.5. The van der Waals surface area contributed by atoms with Gasteiger partial charge in [0.1, 0.15) is 0 Å². The third kappa shape index (κ3) is 3.65. The van der Waals surface area contributed by atoms with Crippen LogP contribution in [-0.2, 0) is 0 Å². The Morgan fingerprint density at radius 2 is 2.10 bits per heavy atom. The fourth-order valence-corrected chi connectivity index (χ4v) is 4.18. The van der Waals surface area contributed by atoms with E-state index in [4.69, 9.17) is 0 Å². The average Bonchev–Trinajstić information content (AvgIpc) is 2.48. The largest absolute Gasteiger partial charge is 0.310 e. The van der Waals surface area contributed by atoms with Crippen LogP contribution in [0.4, 0.5) is 0 Å². The first-order valence-electron chi connectivity index (χ1n) is 8.15. The second-order valence-corrected chi connectivity index (χ2v) is 7.01. The number of halogens is 1. The summed E-state index contributed by atoms with van der Waals surface area (Å²) >= 11 is 3.81. The van der Waals surface area contributed by atoms with Crippen molar-refractivity contribution in [2.24, 2.45) is 11.8 Å². The summed E-state index contributed by atoms with van der Waals surface area (Å²) in [5, 5.41) is 3.75. The molecule has 1 aromatic carbocycles. The van der Waals surface area contributed by atoms with Crippen molar-refractivity contribution < 1.29 is 0 Å². The van der Waals surface area contributed by atoms with Crippen LogP contribution in [0.25, 0.3) is 0 Å². The second-order valence-electron chi connectivity index (χ2n) is 6.21. The lowest BCUT2D eigenvalue weighted by atomic mass is 9.75. The van der Waals surface area contributed by atoms with Gasteiger partial charge in [0, 0.05) is 10.5 Å². The molecule has 0 spiro atoms. The maximum Gasteiger partial charge on any atom is 0.0359 e. The minimum atomic E-state index is 0.503. The zero-order valence-electron chi connectivity index (χ0n) is 13.1. The van der Waals surface area contributed by atoms with E-state index in [9.17, 15) is 0 Å². The lowest BCUT2D eigenvalue weighted by Gasteiger charge is -2.35. The fourth-order valence-electron chi connectivity index (χ4n) is 3.67. The lowest BCUT2D eigenvalue weighted by Crippen LogP contribution is -2.32. The molecule has 2 rings (SSSR count). The molecule has 0 heterocycles. The van der Waals surface area contributed by atoms with Gasteiger partial charge in [0.05, 0.1) is 0 Å². The van der Waals surface area contributed by atoms with Gasteiger partial charge in [0.25, 0.3) is 0 Å². The van der Waals surface area contributed by atoms with Gasteiger partial charge in [-0.1, -0.05) is 67.2 Å². The molecule has 3 unspecified atom stereocenters. The molecule has 1 aliphatic rings. The highest BCUT2D eigenvalue weighted by atomic mass is 79.9. The van der Waals surface area contributed by atoms with Gasteiger partial charge in [-0.15, -0.1) is 0 Å². The molecule has 1 fully saturated rings. The van der Waals surface area contributed by atoms with E-state index in [0.29, 0.717) is 6.04 Å². The summed E-state index contributed by atoms with van der Waals surface area (Å²) in [6.07, 6.45) is 6.92. The van der Waals surface area contributed by atoms with Crippen molar-refractivity contribution in [3.63, 3.8) is 0 Å². The van der Waals surface area contributed by atoms with Crippen LogP contribution >= 0.6 is 15.9 Å². The Kier molecular flexibility index (Phi) is 6.10. The molecule has 0 radical (unpaired) electrons. The van der Waals surface area contributed by atoms with Crippen LogP contribution in [-0.4, -0.2) is 6.54 Å². The number of rotatable bonds is 5. The van der Waals surface area contributed by atoms with Gasteiger partial charge in [-0.25, -0.2) is 0 Å². The van der Waals surface area contributed by atoms with Gasteiger partial charge in [-0.2, -0.15) is 0 Å². The molecule has 112 valence electrons. The SMILES string of the molecule is CCNC(c1cccc(C)c1Br)C1CCCC(CC)C1. The van der Waals surface area contributed by atoms with Crippen LogP contribution in [0.5, 0.6) is 0 Å². The number of hydrogen-bond acceptors (Lipinski definition) is 1. The maximum atomic E-state index is 3.81. The summed E-state index contributed by atoms with van der Waals surface area (Å²) in [5.74, 6) is 1.71. The molecular formula is C18H28BrN. The molecule has 20 heavy (non-hydrogen) atoms. The quantitative estimate of drug-likeness (QED) is 0.734. The summed E-state index contributed by atoms with van der Waals surface area (Å²) in [4.78, 5) is 0. The van der Waals surface area contributed by atoms with E-state index < -0.39 is 0 Å². The highest BCUT2D eigenvalue weighted by Gasteiger charge is 2.29. The van der Waals surface area contributed by atoms with Crippen LogP contribution in [0.15, 0.2) is 22.7 Å². The highest BCUT2D eigenvalue weighted by Crippen LogP contribution is 2.40. The van der Waals surface area contributed by atoms with Gasteiger partial charge in [-0.05, 0) is 49.3 Å². The first-order valence-corrected chi connectivity index (χ1v) is 8.95. The van der Waals surface area contributed by atoms with Crippen molar-refractivity contribution in [1.82, 2.24) is 5.32 Å². The van der Waals surface area contributed by atoms with E-state index in [1.165, 1.54) is 47.7 Å². The van der Waals surface area contributed by atoms with Crippen molar-refractivity contribution in [3.05, 3.63) is 33.8 Å². The summed E-state index contributed by atoms with van der Waals surface area (Å²) in [7, 11) is 0. The number of hydrogen-bond donors (Lipinski definition) is 1. The summed E-state index contributed by atoms with van der Waals surface area (Å²) in [5.41, 5.74) is 2.79. The van der Waals surface area contributed by atoms with E-state index in [1.807, 2.05) is 0 Å². The molecule has 1 saturated carbocycles. The van der Waals surface area contributed by atoms with Gasteiger partial charge < -0.3 is 5.32 Å². The molecule has 0 aromatic heterocycles. The molecule has 0 bridgehead atoms. The second kappa shape index (κ2) is 7.61. The van der Waals surface area contributed by atoms with Crippen LogP contribution in [0, 0.1) is 18.8 Å². The van der Waals surface area contributed by atoms with Crippen molar-refractivity contribution >= 4 is 15.9 Å². The molecule has 1 nitrogen and oxygen atoms in total. The van der Waals surface area contributed by atoms with Crippen LogP contribution < -0.4 is 5.32 Å². The molecule has 0 saturated heterocycles. The van der Waals surface area contributed by atoms with E-state index in [2.05, 4.69) is 60.2 Å². The third-order valence-corrected chi connectivity index (χ3v) is 5.94. The molecule has 1 N–H and O–H groups in total. The molecule has 3 atom stereocenters. The first-order chi connectivity index (χ1) is 9.67. The molecular weight excluding hydrogens is 310 g/mol. The van der Waals surface area contributed by atoms with Crippen molar-refractivity contribution in [2.75, 3.05) is 6.54 Å². The minimum absolute atomic E-state index is 0.503. The van der Waals surface area contributed by atoms with Gasteiger partial charge in [0.2, 0.25) is 0 Å². The van der Waals surface area contributed by atoms with Crippen molar-refractivity contribution in [2.45, 2.75) is 58.9 Å². The van der Waals surface area contributed by atoms with E-state index in [1.54, 1.807) is 0 Å². The van der Waals surface area contributed by atoms with Crippen LogP contribution in [0.1, 0.15) is 63.1 Å². The van der Waals surface area contributed by atoms with Gasteiger partial charge in [0.15, 0.2) is 0 Å². The predicted molar refractivity (Wildman–Crippen MR) is 91.0 cm³/mol. The van der Waals surface area contributed by atoms with E-state index in [0.717, 1.165) is 18.4 Å². The van der Waals surface area contributed by atoms with E-state index >= 15 is 0 Å². The van der Waals surface area contributed by atoms with Gasteiger partial charge >= 0.3 is 0 Å². The normalized spacial score (nSPS) is 24.6. The summed E-state index contributed by atoms with van der Waals surface area (Å²) in [6, 6.07) is 7.18. The molecule has 1 aliphatic carbocycles. The average molecular weight is 338 g/mol. The Balaban J connectivity index is 2.23. The Hall–Kier alpha value is -0.340. The molecule has 0 aliphatic heterocycles. The van der Waals surface area contributed by atoms with Gasteiger partial charge in [-0.3, -0.25) is 0 Å². The Morgan fingerprint density at radius 3 is 2.80 bits per heavy atom. The van der Waals surface area contributed by atoms with Crippen molar-refractivity contribution in [3.8, 4) is 0 Å². The standard InChI is InChI=1S/C18H28BrN/c1-4-14-9-7-10-15(12-14)18(20-5-2)16-11-6-8-13(3)17(16)19/h6,8,11,14-15,18,20H,4-5,7,9-10,12H2,1-3H3. The number of nitrogens with one attached hydrogen (secondary N) is 1. The topological polar surface area (TPSA) is 12.0 Å². The van der Waals surface area contributed by atoms with Crippen LogP contribution in [0.3, 0.4) is 0 Å². The Labute approximate surface area is 132 Å². The minimum Gasteiger partial charge on any atom is -0.310 e. The number of benzene rings is 1. The zero-order valence-corrected chi connectivity index (χ0v) is 14.7. The lowest BCUT2D eigenvalue weighted by molar-refractivity contribution is 0.210. The highest BCUT2D eigenvalue weighted by molar-refractivity contribution is 9.10. The Morgan fingerprint density at radius 1 is 1.30 bits per heavy atom. The molecule has 1 aromatic rings. The monoisotopic (exact) mass is 337 g/mol. The molecule has 2 heteroatoms. The summed E-state index contributed by atoms with van der Waals surface area (Å²) < 4.78 is 1.30. The third-order valence-electron chi connectivity index (χ3n) is 4.85. The van der Waals surface area contributed by atoms with E-state index in [-0.39, 0.29) is 0 Å². The maximum absolute atomic E-state index is 3.81. The fraction of sp³-hybridized carbons (Fsp3) is 0.667. The summed E-state index contributed by atoms with van der Waals surface area (Å²) in [6.45, 7) is 7.79. The smallest absolute Gasteiger partial charge is 0.0359 e. The number of aryl methyl sites for hydroxylation is 1. The van der Waals surface area contributed by atoms with Crippen LogP contribution in [0.2, 0.25) is 0 Å². The van der Waals surface area contributed by atoms with Crippen molar-refractivity contribution in [1.29, 1.82) is 0 Å².